The summed E-state index contributed by atoms with van der Waals surface area (Å²) in [7, 11) is 0. The molecule has 88 valence electrons. The maximum absolute atomic E-state index is 3.71. The minimum Gasteiger partial charge on any atom is -0.312 e. The number of hydrogen-bond donors (Lipinski definition) is 1. The van der Waals surface area contributed by atoms with Crippen molar-refractivity contribution in [2.75, 3.05) is 37.7 Å². The highest BCUT2D eigenvalue weighted by molar-refractivity contribution is 7.99. The lowest BCUT2D eigenvalue weighted by Crippen LogP contribution is -2.41. The van der Waals surface area contributed by atoms with Crippen LogP contribution in [0.2, 0.25) is 0 Å². The van der Waals surface area contributed by atoms with Crippen LogP contribution in [-0.2, 0) is 0 Å². The number of nitrogens with zero attached hydrogens (tertiary/aromatic N) is 1. The van der Waals surface area contributed by atoms with Gasteiger partial charge in [-0.1, -0.05) is 6.42 Å². The molecule has 2 fully saturated rings. The molecule has 0 bridgehead atoms. The SMILES string of the molecule is C1CCN(CCN[C@H]2CCCSC2)CC1. The van der Waals surface area contributed by atoms with Crippen LogP contribution in [0, 0.1) is 0 Å². The van der Waals surface area contributed by atoms with Crippen molar-refractivity contribution in [3.8, 4) is 0 Å². The van der Waals surface area contributed by atoms with Crippen LogP contribution in [0.3, 0.4) is 0 Å². The summed E-state index contributed by atoms with van der Waals surface area (Å²) in [6, 6.07) is 0.800. The molecule has 2 heterocycles. The van der Waals surface area contributed by atoms with Gasteiger partial charge in [-0.15, -0.1) is 0 Å². The van der Waals surface area contributed by atoms with Crippen LogP contribution in [0.5, 0.6) is 0 Å². The molecule has 0 aromatic carbocycles. The van der Waals surface area contributed by atoms with Crippen LogP contribution in [0.15, 0.2) is 0 Å². The molecule has 2 rings (SSSR count). The quantitative estimate of drug-likeness (QED) is 0.792. The van der Waals surface area contributed by atoms with Gasteiger partial charge in [-0.05, 0) is 44.5 Å². The fraction of sp³-hybridized carbons (Fsp3) is 1.00. The normalized spacial score (nSPS) is 29.2. The summed E-state index contributed by atoms with van der Waals surface area (Å²) < 4.78 is 0. The number of nitrogens with one attached hydrogen (secondary N) is 1. The highest BCUT2D eigenvalue weighted by Crippen LogP contribution is 2.16. The Hall–Kier alpha value is 0.270. The Morgan fingerprint density at radius 1 is 1.13 bits per heavy atom. The monoisotopic (exact) mass is 228 g/mol. The lowest BCUT2D eigenvalue weighted by Gasteiger charge is -2.28. The topological polar surface area (TPSA) is 15.3 Å². The molecule has 0 radical (unpaired) electrons. The van der Waals surface area contributed by atoms with Crippen molar-refractivity contribution in [2.24, 2.45) is 0 Å². The first kappa shape index (κ1) is 11.7. The molecule has 2 aliphatic heterocycles. The first-order chi connectivity index (χ1) is 7.45. The van der Waals surface area contributed by atoms with E-state index in [9.17, 15) is 0 Å². The molecule has 1 N–H and O–H groups in total. The van der Waals surface area contributed by atoms with Gasteiger partial charge in [-0.3, -0.25) is 0 Å². The summed E-state index contributed by atoms with van der Waals surface area (Å²) in [6.45, 7) is 5.13. The summed E-state index contributed by atoms with van der Waals surface area (Å²) in [6.07, 6.45) is 7.08. The fourth-order valence-corrected chi connectivity index (χ4v) is 3.62. The lowest BCUT2D eigenvalue weighted by atomic mass is 10.1. The van der Waals surface area contributed by atoms with Crippen LogP contribution in [-0.4, -0.2) is 48.6 Å². The van der Waals surface area contributed by atoms with Crippen molar-refractivity contribution in [1.82, 2.24) is 10.2 Å². The van der Waals surface area contributed by atoms with E-state index in [1.165, 1.54) is 69.8 Å². The number of hydrogen-bond acceptors (Lipinski definition) is 3. The summed E-state index contributed by atoms with van der Waals surface area (Å²) in [5.74, 6) is 2.71. The van der Waals surface area contributed by atoms with Crippen LogP contribution >= 0.6 is 11.8 Å². The fourth-order valence-electron chi connectivity index (χ4n) is 2.51. The van der Waals surface area contributed by atoms with Crippen LogP contribution < -0.4 is 5.32 Å². The van der Waals surface area contributed by atoms with Crippen LogP contribution in [0.25, 0.3) is 0 Å². The highest BCUT2D eigenvalue weighted by atomic mass is 32.2. The predicted molar refractivity (Wildman–Crippen MR) is 68.6 cm³/mol. The zero-order valence-electron chi connectivity index (χ0n) is 9.71. The molecular formula is C12H24N2S. The van der Waals surface area contributed by atoms with E-state index in [0.717, 1.165) is 6.04 Å². The Morgan fingerprint density at radius 2 is 2.00 bits per heavy atom. The molecule has 0 aromatic rings. The third-order valence-electron chi connectivity index (χ3n) is 3.47. The van der Waals surface area contributed by atoms with E-state index < -0.39 is 0 Å². The third kappa shape index (κ3) is 4.33. The van der Waals surface area contributed by atoms with Gasteiger partial charge in [0, 0.05) is 24.9 Å². The van der Waals surface area contributed by atoms with E-state index in [2.05, 4.69) is 22.0 Å². The highest BCUT2D eigenvalue weighted by Gasteiger charge is 2.14. The van der Waals surface area contributed by atoms with E-state index in [1.54, 1.807) is 0 Å². The minimum atomic E-state index is 0.800. The van der Waals surface area contributed by atoms with Crippen LogP contribution in [0.4, 0.5) is 0 Å². The van der Waals surface area contributed by atoms with Gasteiger partial charge in [0.05, 0.1) is 0 Å². The van der Waals surface area contributed by atoms with E-state index in [4.69, 9.17) is 0 Å². The Balaban J connectivity index is 1.53. The third-order valence-corrected chi connectivity index (χ3v) is 4.69. The van der Waals surface area contributed by atoms with E-state index >= 15 is 0 Å². The smallest absolute Gasteiger partial charge is 0.0159 e. The zero-order chi connectivity index (χ0) is 10.3. The second kappa shape index (κ2) is 6.77. The molecule has 2 saturated heterocycles. The van der Waals surface area contributed by atoms with Gasteiger partial charge in [0.2, 0.25) is 0 Å². The molecule has 0 amide bonds. The maximum atomic E-state index is 3.71. The largest absolute Gasteiger partial charge is 0.312 e. The number of thioether (sulfide) groups is 1. The standard InChI is InChI=1S/C12H24N2S/c1-2-7-14(8-3-1)9-6-13-12-5-4-10-15-11-12/h12-13H,1-11H2/t12-/m0/s1. The van der Waals surface area contributed by atoms with Crippen molar-refractivity contribution in [3.63, 3.8) is 0 Å². The van der Waals surface area contributed by atoms with Crippen molar-refractivity contribution in [3.05, 3.63) is 0 Å². The summed E-state index contributed by atoms with van der Waals surface area (Å²) in [5, 5.41) is 3.71. The predicted octanol–water partition coefficient (Wildman–Crippen LogP) is 1.96. The van der Waals surface area contributed by atoms with Gasteiger partial charge in [-0.25, -0.2) is 0 Å². The average molecular weight is 228 g/mol. The van der Waals surface area contributed by atoms with Gasteiger partial charge in [0.15, 0.2) is 0 Å². The van der Waals surface area contributed by atoms with Gasteiger partial charge in [0.25, 0.3) is 0 Å². The number of piperidine rings is 1. The summed E-state index contributed by atoms with van der Waals surface area (Å²) >= 11 is 2.11. The first-order valence-electron chi connectivity index (χ1n) is 6.48. The molecule has 0 aliphatic carbocycles. The second-order valence-electron chi connectivity index (χ2n) is 4.77. The second-order valence-corrected chi connectivity index (χ2v) is 5.92. The molecule has 2 nitrogen and oxygen atoms in total. The Kier molecular flexibility index (Phi) is 5.30. The lowest BCUT2D eigenvalue weighted by molar-refractivity contribution is 0.226. The summed E-state index contributed by atoms with van der Waals surface area (Å²) in [5.41, 5.74) is 0. The van der Waals surface area contributed by atoms with Gasteiger partial charge < -0.3 is 10.2 Å². The van der Waals surface area contributed by atoms with Crippen molar-refractivity contribution in [2.45, 2.75) is 38.1 Å². The molecular weight excluding hydrogens is 204 g/mol. The first-order valence-corrected chi connectivity index (χ1v) is 7.64. The zero-order valence-corrected chi connectivity index (χ0v) is 10.5. The number of likely N-dealkylation sites (tertiary alicyclic amines) is 1. The van der Waals surface area contributed by atoms with E-state index in [1.807, 2.05) is 0 Å². The molecule has 3 heteroatoms. The average Bonchev–Trinajstić information content (AvgIpc) is 2.32. The van der Waals surface area contributed by atoms with Crippen LogP contribution in [0.1, 0.15) is 32.1 Å². The molecule has 0 spiro atoms. The summed E-state index contributed by atoms with van der Waals surface area (Å²) in [4.78, 5) is 2.62. The molecule has 15 heavy (non-hydrogen) atoms. The van der Waals surface area contributed by atoms with Crippen molar-refractivity contribution < 1.29 is 0 Å². The Labute approximate surface area is 98.2 Å². The Morgan fingerprint density at radius 3 is 2.73 bits per heavy atom. The maximum Gasteiger partial charge on any atom is 0.0159 e. The van der Waals surface area contributed by atoms with Crippen molar-refractivity contribution in [1.29, 1.82) is 0 Å². The molecule has 0 unspecified atom stereocenters. The van der Waals surface area contributed by atoms with Gasteiger partial charge >= 0.3 is 0 Å². The van der Waals surface area contributed by atoms with E-state index in [-0.39, 0.29) is 0 Å². The van der Waals surface area contributed by atoms with Gasteiger partial charge in [0.1, 0.15) is 0 Å². The van der Waals surface area contributed by atoms with Gasteiger partial charge in [-0.2, -0.15) is 11.8 Å². The van der Waals surface area contributed by atoms with E-state index in [0.29, 0.717) is 0 Å². The molecule has 0 saturated carbocycles. The number of rotatable bonds is 4. The van der Waals surface area contributed by atoms with Crippen molar-refractivity contribution >= 4 is 11.8 Å². The molecule has 2 aliphatic rings. The minimum absolute atomic E-state index is 0.800. The molecule has 1 atom stereocenters. The molecule has 0 aromatic heterocycles. The Bertz CT molecular complexity index is 145.